The molecule has 3 unspecified atom stereocenters. The summed E-state index contributed by atoms with van der Waals surface area (Å²) in [4.78, 5) is 2.52. The molecule has 0 spiro atoms. The Morgan fingerprint density at radius 3 is 3.05 bits per heavy atom. The smallest absolute Gasteiger partial charge is 0.130 e. The van der Waals surface area contributed by atoms with E-state index in [0.717, 1.165) is 30.8 Å². The fourth-order valence-electron chi connectivity index (χ4n) is 3.37. The Hall–Kier alpha value is -0.620. The second-order valence-corrected chi connectivity index (χ2v) is 6.37. The van der Waals surface area contributed by atoms with E-state index < -0.39 is 0 Å². The van der Waals surface area contributed by atoms with Crippen LogP contribution in [0.2, 0.25) is 5.15 Å². The van der Waals surface area contributed by atoms with Crippen molar-refractivity contribution in [3.63, 3.8) is 0 Å². The molecular weight excluding hydrogens is 276 g/mol. The van der Waals surface area contributed by atoms with Gasteiger partial charge in [0.15, 0.2) is 0 Å². The van der Waals surface area contributed by atoms with Gasteiger partial charge >= 0.3 is 0 Å². The average molecular weight is 299 g/mol. The van der Waals surface area contributed by atoms with Crippen LogP contribution in [0, 0.1) is 6.92 Å². The van der Waals surface area contributed by atoms with Crippen LogP contribution in [0.1, 0.15) is 24.1 Å². The maximum absolute atomic E-state index is 6.36. The quantitative estimate of drug-likeness (QED) is 0.908. The first kappa shape index (κ1) is 14.3. The molecule has 0 saturated carbocycles. The summed E-state index contributed by atoms with van der Waals surface area (Å²) >= 11 is 6.28. The molecule has 6 heteroatoms. The molecule has 3 atom stereocenters. The Morgan fingerprint density at radius 1 is 1.55 bits per heavy atom. The second kappa shape index (κ2) is 5.64. The Morgan fingerprint density at radius 2 is 2.35 bits per heavy atom. The van der Waals surface area contributed by atoms with Gasteiger partial charge in [-0.05, 0) is 32.7 Å². The maximum atomic E-state index is 6.36. The maximum Gasteiger partial charge on any atom is 0.130 e. The number of ether oxygens (including phenoxy) is 1. The molecule has 2 N–H and O–H groups in total. The summed E-state index contributed by atoms with van der Waals surface area (Å²) < 4.78 is 7.68. The van der Waals surface area contributed by atoms with Crippen LogP contribution in [0.25, 0.3) is 0 Å². The van der Waals surface area contributed by atoms with Gasteiger partial charge in [-0.2, -0.15) is 5.10 Å². The van der Waals surface area contributed by atoms with Crippen LogP contribution in [0.3, 0.4) is 0 Å². The third-order valence-electron chi connectivity index (χ3n) is 4.60. The van der Waals surface area contributed by atoms with Crippen LogP contribution in [0.4, 0.5) is 0 Å². The van der Waals surface area contributed by atoms with E-state index in [1.807, 2.05) is 14.0 Å². The van der Waals surface area contributed by atoms with Crippen LogP contribution in [-0.4, -0.2) is 52.6 Å². The number of hydrogen-bond acceptors (Lipinski definition) is 4. The second-order valence-electron chi connectivity index (χ2n) is 6.01. The highest BCUT2D eigenvalue weighted by Crippen LogP contribution is 2.26. The number of halogens is 1. The van der Waals surface area contributed by atoms with Crippen LogP contribution in [-0.2, 0) is 18.2 Å². The molecule has 2 aliphatic rings. The molecule has 0 aliphatic carbocycles. The van der Waals surface area contributed by atoms with Crippen molar-refractivity contribution in [1.82, 2.24) is 14.7 Å². The lowest BCUT2D eigenvalue weighted by atomic mass is 10.0. The molecule has 0 bridgehead atoms. The van der Waals surface area contributed by atoms with E-state index in [0.29, 0.717) is 11.2 Å². The normalized spacial score (nSPS) is 28.6. The first-order valence-electron chi connectivity index (χ1n) is 7.35. The minimum Gasteiger partial charge on any atom is -0.374 e. The topological polar surface area (TPSA) is 56.3 Å². The van der Waals surface area contributed by atoms with E-state index >= 15 is 0 Å². The fraction of sp³-hybridized carbons (Fsp3) is 0.786. The van der Waals surface area contributed by atoms with Crippen LogP contribution in [0.15, 0.2) is 0 Å². The summed E-state index contributed by atoms with van der Waals surface area (Å²) in [5.41, 5.74) is 8.37. The van der Waals surface area contributed by atoms with Crippen molar-refractivity contribution >= 4 is 11.6 Å². The van der Waals surface area contributed by atoms with E-state index in [9.17, 15) is 0 Å². The molecule has 20 heavy (non-hydrogen) atoms. The van der Waals surface area contributed by atoms with Crippen molar-refractivity contribution < 1.29 is 4.74 Å². The van der Waals surface area contributed by atoms with E-state index in [-0.39, 0.29) is 12.1 Å². The molecule has 112 valence electrons. The third-order valence-corrected chi connectivity index (χ3v) is 5.08. The van der Waals surface area contributed by atoms with Crippen LogP contribution in [0.5, 0.6) is 0 Å². The lowest BCUT2D eigenvalue weighted by Crippen LogP contribution is -2.53. The Kier molecular flexibility index (Phi) is 4.04. The molecule has 2 aliphatic heterocycles. The molecule has 0 radical (unpaired) electrons. The number of nitrogens with two attached hydrogens (primary N) is 1. The van der Waals surface area contributed by atoms with Gasteiger partial charge in [-0.3, -0.25) is 9.58 Å². The summed E-state index contributed by atoms with van der Waals surface area (Å²) in [5, 5.41) is 5.03. The Labute approximate surface area is 125 Å². The van der Waals surface area contributed by atoms with E-state index in [1.165, 1.54) is 19.4 Å². The molecule has 3 rings (SSSR count). The van der Waals surface area contributed by atoms with Crippen LogP contribution >= 0.6 is 11.6 Å². The number of rotatable bonds is 3. The highest BCUT2D eigenvalue weighted by Gasteiger charge is 2.35. The predicted octanol–water partition coefficient (Wildman–Crippen LogP) is 1.11. The van der Waals surface area contributed by atoms with Crippen molar-refractivity contribution in [2.45, 2.75) is 44.4 Å². The highest BCUT2D eigenvalue weighted by molar-refractivity contribution is 6.30. The van der Waals surface area contributed by atoms with E-state index in [1.54, 1.807) is 4.68 Å². The average Bonchev–Trinajstić information content (AvgIpc) is 2.98. The molecule has 3 heterocycles. The molecular formula is C14H23ClN4O. The van der Waals surface area contributed by atoms with Crippen molar-refractivity contribution in [1.29, 1.82) is 0 Å². The van der Waals surface area contributed by atoms with Crippen molar-refractivity contribution in [3.8, 4) is 0 Å². The lowest BCUT2D eigenvalue weighted by molar-refractivity contribution is -0.0589. The molecule has 2 fully saturated rings. The van der Waals surface area contributed by atoms with Gasteiger partial charge in [-0.15, -0.1) is 0 Å². The van der Waals surface area contributed by atoms with Gasteiger partial charge in [-0.1, -0.05) is 11.6 Å². The summed E-state index contributed by atoms with van der Waals surface area (Å²) in [6.45, 7) is 4.93. The van der Waals surface area contributed by atoms with Gasteiger partial charge in [0.05, 0.1) is 18.4 Å². The monoisotopic (exact) mass is 298 g/mol. The molecule has 0 amide bonds. The first-order chi connectivity index (χ1) is 9.56. The van der Waals surface area contributed by atoms with Gasteiger partial charge in [0.2, 0.25) is 0 Å². The summed E-state index contributed by atoms with van der Waals surface area (Å²) in [6.07, 6.45) is 3.36. The standard InChI is InChI=1S/C14H23ClN4O/c1-9-11(14(15)18(2)17-9)6-12(16)13-7-19-5-3-4-10(19)8-20-13/h10,12-13H,3-8,16H2,1-2H3. The van der Waals surface area contributed by atoms with Gasteiger partial charge < -0.3 is 10.5 Å². The van der Waals surface area contributed by atoms with Crippen molar-refractivity contribution in [2.24, 2.45) is 12.8 Å². The first-order valence-corrected chi connectivity index (χ1v) is 7.73. The summed E-state index contributed by atoms with van der Waals surface area (Å²) in [6, 6.07) is 0.583. The van der Waals surface area contributed by atoms with Gasteiger partial charge in [-0.25, -0.2) is 0 Å². The number of aryl methyl sites for hydroxylation is 2. The molecule has 1 aromatic rings. The number of nitrogens with zero attached hydrogens (tertiary/aromatic N) is 3. The SMILES string of the molecule is Cc1nn(C)c(Cl)c1CC(N)C1CN2CCCC2CO1. The fourth-order valence-corrected chi connectivity index (χ4v) is 3.63. The Balaban J connectivity index is 1.65. The number of hydrogen-bond donors (Lipinski definition) is 1. The highest BCUT2D eigenvalue weighted by atomic mass is 35.5. The van der Waals surface area contributed by atoms with Crippen molar-refractivity contribution in [2.75, 3.05) is 19.7 Å². The minimum absolute atomic E-state index is 0.0306. The third kappa shape index (κ3) is 2.60. The van der Waals surface area contributed by atoms with E-state index in [4.69, 9.17) is 22.1 Å². The van der Waals surface area contributed by atoms with Gasteiger partial charge in [0.1, 0.15) is 5.15 Å². The van der Waals surface area contributed by atoms with E-state index in [2.05, 4.69) is 10.00 Å². The minimum atomic E-state index is -0.0306. The number of morpholine rings is 1. The zero-order chi connectivity index (χ0) is 14.3. The predicted molar refractivity (Wildman–Crippen MR) is 79.0 cm³/mol. The molecule has 2 saturated heterocycles. The van der Waals surface area contributed by atoms with Gasteiger partial charge in [0, 0.05) is 31.2 Å². The largest absolute Gasteiger partial charge is 0.374 e. The lowest BCUT2D eigenvalue weighted by Gasteiger charge is -2.37. The molecule has 0 aromatic carbocycles. The summed E-state index contributed by atoms with van der Waals surface area (Å²) in [7, 11) is 1.86. The van der Waals surface area contributed by atoms with Crippen LogP contribution < -0.4 is 5.73 Å². The zero-order valence-electron chi connectivity index (χ0n) is 12.2. The van der Waals surface area contributed by atoms with Gasteiger partial charge in [0.25, 0.3) is 0 Å². The molecule has 5 nitrogen and oxygen atoms in total. The number of aromatic nitrogens is 2. The number of fused-ring (bicyclic) bond motifs is 1. The zero-order valence-corrected chi connectivity index (χ0v) is 12.9. The molecule has 1 aromatic heterocycles. The van der Waals surface area contributed by atoms with Crippen molar-refractivity contribution in [3.05, 3.63) is 16.4 Å². The summed E-state index contributed by atoms with van der Waals surface area (Å²) in [5.74, 6) is 0. The Bertz CT molecular complexity index is 490.